The number of rotatable bonds is 7. The van der Waals surface area contributed by atoms with E-state index < -0.39 is 24.6 Å². The Morgan fingerprint density at radius 3 is 2.46 bits per heavy atom. The summed E-state index contributed by atoms with van der Waals surface area (Å²) in [5, 5.41) is 12.3. The van der Waals surface area contributed by atoms with Crippen molar-refractivity contribution < 1.29 is 23.8 Å². The second-order valence-electron chi connectivity index (χ2n) is 5.11. The molecule has 0 heterocycles. The van der Waals surface area contributed by atoms with Crippen molar-refractivity contribution >= 4 is 11.9 Å². The normalized spacial score (nSPS) is 11.6. The Hall–Kier alpha value is -2.73. The van der Waals surface area contributed by atoms with Crippen LogP contribution in [0.4, 0.5) is 4.39 Å². The van der Waals surface area contributed by atoms with Gasteiger partial charge in [0.2, 0.25) is 0 Å². The highest BCUT2D eigenvalue weighted by Gasteiger charge is 2.19. The summed E-state index contributed by atoms with van der Waals surface area (Å²) in [6.07, 6.45) is -1.10. The van der Waals surface area contributed by atoms with Gasteiger partial charge in [-0.3, -0.25) is 4.79 Å². The molecule has 0 bridgehead atoms. The first-order valence-corrected chi connectivity index (χ1v) is 7.47. The fraction of sp³-hybridized carbons (Fsp3) is 0.222. The number of esters is 1. The SMILES string of the molecule is O=C(COC(=O)[C@@H](O)c1ccccc1)NCCc1ccccc1F. The largest absolute Gasteiger partial charge is 0.453 e. The van der Waals surface area contributed by atoms with Crippen LogP contribution in [-0.4, -0.2) is 30.1 Å². The Kier molecular flexibility index (Phi) is 6.45. The molecule has 0 saturated heterocycles. The van der Waals surface area contributed by atoms with E-state index >= 15 is 0 Å². The molecule has 1 amide bonds. The number of hydrogen-bond donors (Lipinski definition) is 2. The van der Waals surface area contributed by atoms with Gasteiger partial charge in [0.05, 0.1) is 0 Å². The van der Waals surface area contributed by atoms with Crippen molar-refractivity contribution in [3.05, 3.63) is 71.5 Å². The molecule has 0 aliphatic carbocycles. The summed E-state index contributed by atoms with van der Waals surface area (Å²) < 4.78 is 18.2. The van der Waals surface area contributed by atoms with Crippen molar-refractivity contribution in [2.24, 2.45) is 0 Å². The number of benzene rings is 2. The van der Waals surface area contributed by atoms with E-state index in [2.05, 4.69) is 5.32 Å². The number of carbonyl (C=O) groups is 2. The van der Waals surface area contributed by atoms with Gasteiger partial charge in [-0.1, -0.05) is 48.5 Å². The van der Waals surface area contributed by atoms with Gasteiger partial charge in [-0.25, -0.2) is 9.18 Å². The van der Waals surface area contributed by atoms with Crippen molar-refractivity contribution in [1.29, 1.82) is 0 Å². The first-order chi connectivity index (χ1) is 11.6. The monoisotopic (exact) mass is 331 g/mol. The molecule has 0 unspecified atom stereocenters. The molecular weight excluding hydrogens is 313 g/mol. The predicted molar refractivity (Wildman–Crippen MR) is 85.5 cm³/mol. The van der Waals surface area contributed by atoms with Crippen molar-refractivity contribution in [2.45, 2.75) is 12.5 Å². The lowest BCUT2D eigenvalue weighted by Crippen LogP contribution is -2.31. The average molecular weight is 331 g/mol. The molecule has 0 aliphatic heterocycles. The third-order valence-corrected chi connectivity index (χ3v) is 3.36. The van der Waals surface area contributed by atoms with Crippen LogP contribution in [0.25, 0.3) is 0 Å². The zero-order valence-corrected chi connectivity index (χ0v) is 12.9. The molecule has 2 N–H and O–H groups in total. The number of aliphatic hydroxyl groups is 1. The molecule has 0 spiro atoms. The van der Waals surface area contributed by atoms with E-state index in [9.17, 15) is 19.1 Å². The molecule has 24 heavy (non-hydrogen) atoms. The summed E-state index contributed by atoms with van der Waals surface area (Å²) in [7, 11) is 0. The molecule has 0 saturated carbocycles. The molecule has 0 aliphatic rings. The second kappa shape index (κ2) is 8.79. The van der Waals surface area contributed by atoms with Crippen LogP contribution >= 0.6 is 0 Å². The molecule has 126 valence electrons. The lowest BCUT2D eigenvalue weighted by Gasteiger charge is -2.11. The fourth-order valence-corrected chi connectivity index (χ4v) is 2.08. The highest BCUT2D eigenvalue weighted by molar-refractivity contribution is 5.82. The molecule has 2 aromatic rings. The van der Waals surface area contributed by atoms with Gasteiger partial charge in [0.1, 0.15) is 5.82 Å². The first-order valence-electron chi connectivity index (χ1n) is 7.47. The van der Waals surface area contributed by atoms with Gasteiger partial charge >= 0.3 is 5.97 Å². The standard InChI is InChI=1S/C18H18FNO4/c19-15-9-5-4-6-13(15)10-11-20-16(21)12-24-18(23)17(22)14-7-2-1-3-8-14/h1-9,17,22H,10-12H2,(H,20,21)/t17-/m0/s1. The topological polar surface area (TPSA) is 75.6 Å². The van der Waals surface area contributed by atoms with E-state index in [1.807, 2.05) is 0 Å². The fourth-order valence-electron chi connectivity index (χ4n) is 2.08. The van der Waals surface area contributed by atoms with E-state index in [0.29, 0.717) is 17.5 Å². The maximum Gasteiger partial charge on any atom is 0.340 e. The average Bonchev–Trinajstić information content (AvgIpc) is 2.61. The maximum atomic E-state index is 13.4. The van der Waals surface area contributed by atoms with Gasteiger partial charge in [-0.2, -0.15) is 0 Å². The molecule has 2 rings (SSSR count). The summed E-state index contributed by atoms with van der Waals surface area (Å²) in [6.45, 7) is -0.279. The minimum atomic E-state index is -1.43. The van der Waals surface area contributed by atoms with E-state index in [-0.39, 0.29) is 12.4 Å². The highest BCUT2D eigenvalue weighted by atomic mass is 19.1. The van der Waals surface area contributed by atoms with E-state index in [1.54, 1.807) is 48.5 Å². The minimum Gasteiger partial charge on any atom is -0.453 e. The predicted octanol–water partition coefficient (Wildman–Crippen LogP) is 1.76. The molecule has 1 atom stereocenters. The molecule has 6 heteroatoms. The quantitative estimate of drug-likeness (QED) is 0.758. The van der Waals surface area contributed by atoms with Crippen LogP contribution in [0.5, 0.6) is 0 Å². The Labute approximate surface area is 139 Å². The van der Waals surface area contributed by atoms with Crippen LogP contribution < -0.4 is 5.32 Å². The number of nitrogens with one attached hydrogen (secondary N) is 1. The number of ether oxygens (including phenoxy) is 1. The molecule has 0 fully saturated rings. The zero-order chi connectivity index (χ0) is 17.4. The number of carbonyl (C=O) groups excluding carboxylic acids is 2. The van der Waals surface area contributed by atoms with Crippen molar-refractivity contribution in [3.63, 3.8) is 0 Å². The Morgan fingerprint density at radius 2 is 1.75 bits per heavy atom. The molecule has 2 aromatic carbocycles. The third kappa shape index (κ3) is 5.17. The zero-order valence-electron chi connectivity index (χ0n) is 12.9. The van der Waals surface area contributed by atoms with E-state index in [1.165, 1.54) is 6.07 Å². The number of amides is 1. The second-order valence-corrected chi connectivity index (χ2v) is 5.11. The Bertz CT molecular complexity index is 690. The first kappa shape index (κ1) is 17.6. The molecule has 5 nitrogen and oxygen atoms in total. The highest BCUT2D eigenvalue weighted by Crippen LogP contribution is 2.13. The summed E-state index contributed by atoms with van der Waals surface area (Å²) >= 11 is 0. The smallest absolute Gasteiger partial charge is 0.340 e. The summed E-state index contributed by atoms with van der Waals surface area (Å²) in [5.41, 5.74) is 0.886. The van der Waals surface area contributed by atoms with Crippen molar-refractivity contribution in [3.8, 4) is 0 Å². The Morgan fingerprint density at radius 1 is 1.08 bits per heavy atom. The minimum absolute atomic E-state index is 0.221. The molecule has 0 aromatic heterocycles. The van der Waals surface area contributed by atoms with Crippen molar-refractivity contribution in [1.82, 2.24) is 5.32 Å². The third-order valence-electron chi connectivity index (χ3n) is 3.36. The van der Waals surface area contributed by atoms with E-state index in [0.717, 1.165) is 0 Å². The number of hydrogen-bond acceptors (Lipinski definition) is 4. The van der Waals surface area contributed by atoms with Crippen LogP contribution in [0.2, 0.25) is 0 Å². The van der Waals surface area contributed by atoms with Crippen molar-refractivity contribution in [2.75, 3.05) is 13.2 Å². The molecule has 0 radical (unpaired) electrons. The van der Waals surface area contributed by atoms with Crippen LogP contribution in [0.3, 0.4) is 0 Å². The molecular formula is C18H18FNO4. The van der Waals surface area contributed by atoms with E-state index in [4.69, 9.17) is 4.74 Å². The van der Waals surface area contributed by atoms with Gasteiger partial charge < -0.3 is 15.2 Å². The number of halogens is 1. The Balaban J connectivity index is 1.71. The summed E-state index contributed by atoms with van der Waals surface area (Å²) in [4.78, 5) is 23.3. The van der Waals surface area contributed by atoms with Gasteiger partial charge in [0.15, 0.2) is 12.7 Å². The lowest BCUT2D eigenvalue weighted by molar-refractivity contribution is -0.157. The van der Waals surface area contributed by atoms with Crippen LogP contribution in [-0.2, 0) is 20.7 Å². The van der Waals surface area contributed by atoms with Crippen LogP contribution in [0, 0.1) is 5.82 Å². The summed E-state index contributed by atoms with van der Waals surface area (Å²) in [6, 6.07) is 14.6. The van der Waals surface area contributed by atoms with Gasteiger partial charge in [-0.15, -0.1) is 0 Å². The van der Waals surface area contributed by atoms with Gasteiger partial charge in [0, 0.05) is 6.54 Å². The number of aliphatic hydroxyl groups excluding tert-OH is 1. The maximum absolute atomic E-state index is 13.4. The lowest BCUT2D eigenvalue weighted by atomic mass is 10.1. The summed E-state index contributed by atoms with van der Waals surface area (Å²) in [5.74, 6) is -1.74. The van der Waals surface area contributed by atoms with Crippen LogP contribution in [0.15, 0.2) is 54.6 Å². The van der Waals surface area contributed by atoms with Crippen LogP contribution in [0.1, 0.15) is 17.2 Å². The van der Waals surface area contributed by atoms with Gasteiger partial charge in [0.25, 0.3) is 5.91 Å². The van der Waals surface area contributed by atoms with Gasteiger partial charge in [-0.05, 0) is 23.6 Å².